The van der Waals surface area contributed by atoms with Crippen LogP contribution in [0, 0.1) is 10.1 Å². The van der Waals surface area contributed by atoms with Gasteiger partial charge in [-0.3, -0.25) is 10.1 Å². The standard InChI is InChI=1S/C12H5NO6/c14-10-5-2-1-3-6-9(5)7(4-8(10)13(17)18)12(16)19-11(6)15/h1-4,14H. The van der Waals surface area contributed by atoms with Crippen molar-refractivity contribution in [3.05, 3.63) is 45.5 Å². The van der Waals surface area contributed by atoms with E-state index in [2.05, 4.69) is 4.74 Å². The third-order valence-electron chi connectivity index (χ3n) is 2.93. The molecule has 94 valence electrons. The van der Waals surface area contributed by atoms with Gasteiger partial charge in [0.2, 0.25) is 5.75 Å². The van der Waals surface area contributed by atoms with Gasteiger partial charge in [-0.15, -0.1) is 0 Å². The maximum absolute atomic E-state index is 11.6. The fraction of sp³-hybridized carbons (Fsp3) is 0. The number of hydrogen-bond donors (Lipinski definition) is 1. The van der Waals surface area contributed by atoms with Gasteiger partial charge < -0.3 is 9.84 Å². The zero-order valence-electron chi connectivity index (χ0n) is 9.25. The average molecular weight is 259 g/mol. The number of phenolic OH excluding ortho intramolecular Hbond substituents is 1. The van der Waals surface area contributed by atoms with Gasteiger partial charge in [0.25, 0.3) is 0 Å². The van der Waals surface area contributed by atoms with E-state index in [9.17, 15) is 24.8 Å². The van der Waals surface area contributed by atoms with E-state index in [-0.39, 0.29) is 21.9 Å². The molecule has 2 aromatic rings. The van der Waals surface area contributed by atoms with E-state index in [1.807, 2.05) is 0 Å². The van der Waals surface area contributed by atoms with Gasteiger partial charge >= 0.3 is 17.6 Å². The summed E-state index contributed by atoms with van der Waals surface area (Å²) >= 11 is 0. The van der Waals surface area contributed by atoms with Crippen LogP contribution in [0.15, 0.2) is 24.3 Å². The monoisotopic (exact) mass is 259 g/mol. The van der Waals surface area contributed by atoms with E-state index in [1.54, 1.807) is 0 Å². The van der Waals surface area contributed by atoms with Gasteiger partial charge in [0.15, 0.2) is 0 Å². The Labute approximate surface area is 105 Å². The van der Waals surface area contributed by atoms with E-state index in [1.165, 1.54) is 18.2 Å². The lowest BCUT2D eigenvalue weighted by molar-refractivity contribution is -0.385. The molecule has 1 heterocycles. The first-order valence-corrected chi connectivity index (χ1v) is 5.20. The summed E-state index contributed by atoms with van der Waals surface area (Å²) in [6.07, 6.45) is 0. The van der Waals surface area contributed by atoms with E-state index >= 15 is 0 Å². The Balaban J connectivity index is 2.55. The van der Waals surface area contributed by atoms with Crippen molar-refractivity contribution in [2.24, 2.45) is 0 Å². The fourth-order valence-corrected chi connectivity index (χ4v) is 2.12. The highest BCUT2D eigenvalue weighted by molar-refractivity contribution is 6.22. The summed E-state index contributed by atoms with van der Waals surface area (Å²) in [4.78, 5) is 33.2. The van der Waals surface area contributed by atoms with Crippen molar-refractivity contribution in [1.82, 2.24) is 0 Å². The van der Waals surface area contributed by atoms with E-state index in [0.717, 1.165) is 6.07 Å². The summed E-state index contributed by atoms with van der Waals surface area (Å²) in [6, 6.07) is 5.18. The van der Waals surface area contributed by atoms with Crippen LogP contribution in [0.4, 0.5) is 5.69 Å². The molecule has 1 N–H and O–H groups in total. The highest BCUT2D eigenvalue weighted by Crippen LogP contribution is 2.40. The van der Waals surface area contributed by atoms with E-state index in [0.29, 0.717) is 0 Å². The van der Waals surface area contributed by atoms with Gasteiger partial charge in [0.05, 0.1) is 16.1 Å². The average Bonchev–Trinajstić information content (AvgIpc) is 2.37. The number of aromatic hydroxyl groups is 1. The number of benzene rings is 2. The molecule has 0 aromatic heterocycles. The molecule has 3 rings (SSSR count). The quantitative estimate of drug-likeness (QED) is 0.362. The Kier molecular flexibility index (Phi) is 2.06. The van der Waals surface area contributed by atoms with Gasteiger partial charge in [-0.05, 0) is 6.07 Å². The molecule has 19 heavy (non-hydrogen) atoms. The molecule has 0 fully saturated rings. The molecule has 0 atom stereocenters. The number of cyclic esters (lactones) is 2. The predicted molar refractivity (Wildman–Crippen MR) is 62.0 cm³/mol. The zero-order chi connectivity index (χ0) is 13.7. The van der Waals surface area contributed by atoms with E-state index in [4.69, 9.17) is 0 Å². The number of carbonyl (C=O) groups is 2. The Morgan fingerprint density at radius 3 is 2.53 bits per heavy atom. The Hall–Kier alpha value is -2.96. The third-order valence-corrected chi connectivity index (χ3v) is 2.93. The highest BCUT2D eigenvalue weighted by atomic mass is 16.6. The molecule has 0 unspecified atom stereocenters. The van der Waals surface area contributed by atoms with Crippen LogP contribution in [0.2, 0.25) is 0 Å². The van der Waals surface area contributed by atoms with Crippen LogP contribution in [-0.4, -0.2) is 22.0 Å². The van der Waals surface area contributed by atoms with Gasteiger partial charge in [-0.25, -0.2) is 9.59 Å². The SMILES string of the molecule is O=C1OC(=O)c2cc([N+](=O)[O-])c(O)c3cccc1c23. The second kappa shape index (κ2) is 3.52. The topological polar surface area (TPSA) is 107 Å². The number of esters is 2. The van der Waals surface area contributed by atoms with Crippen molar-refractivity contribution in [2.75, 3.05) is 0 Å². The summed E-state index contributed by atoms with van der Waals surface area (Å²) in [7, 11) is 0. The minimum atomic E-state index is -0.961. The molecular weight excluding hydrogens is 254 g/mol. The summed E-state index contributed by atoms with van der Waals surface area (Å²) < 4.78 is 4.50. The fourth-order valence-electron chi connectivity index (χ4n) is 2.12. The number of phenols is 1. The van der Waals surface area contributed by atoms with Crippen LogP contribution in [0.25, 0.3) is 10.8 Å². The second-order valence-electron chi connectivity index (χ2n) is 3.95. The predicted octanol–water partition coefficient (Wildman–Crippen LogP) is 1.76. The van der Waals surface area contributed by atoms with Crippen LogP contribution < -0.4 is 0 Å². The number of hydrogen-bond acceptors (Lipinski definition) is 6. The van der Waals surface area contributed by atoms with Crippen LogP contribution >= 0.6 is 0 Å². The van der Waals surface area contributed by atoms with Crippen molar-refractivity contribution in [3.8, 4) is 5.75 Å². The molecule has 1 aliphatic heterocycles. The maximum atomic E-state index is 11.6. The molecule has 7 heteroatoms. The minimum absolute atomic E-state index is 0.0756. The first-order valence-electron chi connectivity index (χ1n) is 5.20. The maximum Gasteiger partial charge on any atom is 0.346 e. The number of nitro groups is 1. The molecular formula is C12H5NO6. The van der Waals surface area contributed by atoms with Crippen LogP contribution in [0.3, 0.4) is 0 Å². The third kappa shape index (κ3) is 1.38. The molecule has 2 aromatic carbocycles. The zero-order valence-corrected chi connectivity index (χ0v) is 9.25. The van der Waals surface area contributed by atoms with Crippen molar-refractivity contribution >= 4 is 28.4 Å². The summed E-state index contributed by atoms with van der Waals surface area (Å²) in [5.74, 6) is -2.37. The second-order valence-corrected chi connectivity index (χ2v) is 3.95. The van der Waals surface area contributed by atoms with Crippen molar-refractivity contribution in [3.63, 3.8) is 0 Å². The smallest absolute Gasteiger partial charge is 0.346 e. The van der Waals surface area contributed by atoms with Gasteiger partial charge in [0.1, 0.15) is 0 Å². The largest absolute Gasteiger partial charge is 0.502 e. The number of rotatable bonds is 1. The van der Waals surface area contributed by atoms with Crippen LogP contribution in [-0.2, 0) is 4.74 Å². The van der Waals surface area contributed by atoms with Crippen molar-refractivity contribution < 1.29 is 24.4 Å². The number of nitrogens with zero attached hydrogens (tertiary/aromatic N) is 1. The molecule has 0 saturated heterocycles. The molecule has 1 aliphatic rings. The summed E-state index contributed by atoms with van der Waals surface area (Å²) in [5, 5.41) is 20.9. The minimum Gasteiger partial charge on any atom is -0.502 e. The van der Waals surface area contributed by atoms with Crippen LogP contribution in [0.5, 0.6) is 5.75 Å². The number of ether oxygens (including phenoxy) is 1. The van der Waals surface area contributed by atoms with Gasteiger partial charge in [0, 0.05) is 16.8 Å². The molecule has 0 radical (unpaired) electrons. The van der Waals surface area contributed by atoms with Crippen molar-refractivity contribution in [2.45, 2.75) is 0 Å². The lowest BCUT2D eigenvalue weighted by Crippen LogP contribution is -2.19. The molecule has 0 saturated carbocycles. The highest BCUT2D eigenvalue weighted by Gasteiger charge is 2.32. The van der Waals surface area contributed by atoms with Crippen LogP contribution in [0.1, 0.15) is 20.7 Å². The van der Waals surface area contributed by atoms with E-state index < -0.39 is 28.3 Å². The van der Waals surface area contributed by atoms with Gasteiger partial charge in [-0.1, -0.05) is 12.1 Å². The lowest BCUT2D eigenvalue weighted by Gasteiger charge is -2.15. The Morgan fingerprint density at radius 2 is 1.84 bits per heavy atom. The summed E-state index contributed by atoms with van der Waals surface area (Å²) in [6.45, 7) is 0. The first kappa shape index (κ1) is 11.1. The molecule has 0 aliphatic carbocycles. The van der Waals surface area contributed by atoms with Gasteiger partial charge in [-0.2, -0.15) is 0 Å². The molecule has 7 nitrogen and oxygen atoms in total. The summed E-state index contributed by atoms with van der Waals surface area (Å²) in [5.41, 5.74) is -0.613. The molecule has 0 spiro atoms. The Bertz CT molecular complexity index is 779. The normalized spacial score (nSPS) is 13.5. The Morgan fingerprint density at radius 1 is 1.16 bits per heavy atom. The lowest BCUT2D eigenvalue weighted by atomic mass is 9.96. The molecule has 0 bridgehead atoms. The van der Waals surface area contributed by atoms with Crippen molar-refractivity contribution in [1.29, 1.82) is 0 Å². The number of carbonyl (C=O) groups excluding carboxylic acids is 2. The number of nitro benzene ring substituents is 1. The first-order chi connectivity index (χ1) is 9.00. The molecule has 0 amide bonds.